The molecule has 27 heavy (non-hydrogen) atoms. The van der Waals surface area contributed by atoms with Crippen LogP contribution in [-0.2, 0) is 27.8 Å². The van der Waals surface area contributed by atoms with E-state index in [2.05, 4.69) is 10.4 Å². The number of aryl methyl sites for hydroxylation is 3. The molecule has 1 aromatic heterocycles. The number of aromatic nitrogens is 2. The number of carbonyl (C=O) groups excluding carboxylic acids is 2. The standard InChI is InChI=1S/C21H29N3O3/c1-13(2)27-21(26)12-19(17-9-7-14(3)8-10-17)22-20(25)11-18-15(4)23-24(6)16(18)5/h7-10,13,19H,11-12H2,1-6H3,(H,22,25). The van der Waals surface area contributed by atoms with Gasteiger partial charge in [-0.2, -0.15) is 5.10 Å². The Morgan fingerprint density at radius 2 is 1.78 bits per heavy atom. The lowest BCUT2D eigenvalue weighted by Gasteiger charge is -2.20. The number of carbonyl (C=O) groups is 2. The third-order valence-electron chi connectivity index (χ3n) is 4.55. The van der Waals surface area contributed by atoms with Crippen molar-refractivity contribution in [1.29, 1.82) is 0 Å². The van der Waals surface area contributed by atoms with Gasteiger partial charge in [-0.05, 0) is 40.2 Å². The molecule has 6 heteroatoms. The number of rotatable bonds is 7. The Labute approximate surface area is 160 Å². The molecule has 6 nitrogen and oxygen atoms in total. The number of hydrogen-bond donors (Lipinski definition) is 1. The molecule has 1 heterocycles. The lowest BCUT2D eigenvalue weighted by atomic mass is 10.0. The molecule has 0 saturated carbocycles. The van der Waals surface area contributed by atoms with Crippen LogP contribution >= 0.6 is 0 Å². The van der Waals surface area contributed by atoms with Gasteiger partial charge in [-0.1, -0.05) is 29.8 Å². The van der Waals surface area contributed by atoms with E-state index in [9.17, 15) is 9.59 Å². The van der Waals surface area contributed by atoms with Crippen molar-refractivity contribution in [2.75, 3.05) is 0 Å². The zero-order chi connectivity index (χ0) is 20.1. The van der Waals surface area contributed by atoms with Crippen molar-refractivity contribution >= 4 is 11.9 Å². The zero-order valence-corrected chi connectivity index (χ0v) is 17.0. The van der Waals surface area contributed by atoms with E-state index in [4.69, 9.17) is 4.74 Å². The number of ether oxygens (including phenoxy) is 1. The summed E-state index contributed by atoms with van der Waals surface area (Å²) in [6.07, 6.45) is 0.137. The molecule has 1 atom stereocenters. The minimum Gasteiger partial charge on any atom is -0.463 e. The molecule has 0 spiro atoms. The van der Waals surface area contributed by atoms with E-state index in [-0.39, 0.29) is 30.8 Å². The number of benzene rings is 1. The second-order valence-corrected chi connectivity index (χ2v) is 7.22. The van der Waals surface area contributed by atoms with Gasteiger partial charge in [-0.25, -0.2) is 0 Å². The van der Waals surface area contributed by atoms with Crippen molar-refractivity contribution in [1.82, 2.24) is 15.1 Å². The first kappa shape index (κ1) is 20.7. The summed E-state index contributed by atoms with van der Waals surface area (Å²) in [6, 6.07) is 7.38. The fraction of sp³-hybridized carbons (Fsp3) is 0.476. The summed E-state index contributed by atoms with van der Waals surface area (Å²) in [5, 5.41) is 7.35. The van der Waals surface area contributed by atoms with Crippen LogP contribution in [0.1, 0.15) is 54.4 Å². The fourth-order valence-corrected chi connectivity index (χ4v) is 3.01. The van der Waals surface area contributed by atoms with Crippen LogP contribution in [0.15, 0.2) is 24.3 Å². The third kappa shape index (κ3) is 5.67. The van der Waals surface area contributed by atoms with Crippen LogP contribution < -0.4 is 5.32 Å². The molecule has 0 saturated heterocycles. The second-order valence-electron chi connectivity index (χ2n) is 7.22. The van der Waals surface area contributed by atoms with E-state index in [0.717, 1.165) is 28.1 Å². The first-order valence-electron chi connectivity index (χ1n) is 9.21. The lowest BCUT2D eigenvalue weighted by Crippen LogP contribution is -2.32. The van der Waals surface area contributed by atoms with E-state index < -0.39 is 6.04 Å². The first-order valence-corrected chi connectivity index (χ1v) is 9.21. The molecule has 1 aromatic carbocycles. The monoisotopic (exact) mass is 371 g/mol. The van der Waals surface area contributed by atoms with Crippen molar-refractivity contribution in [2.24, 2.45) is 7.05 Å². The maximum absolute atomic E-state index is 12.7. The highest BCUT2D eigenvalue weighted by atomic mass is 16.5. The highest BCUT2D eigenvalue weighted by Crippen LogP contribution is 2.20. The average molecular weight is 371 g/mol. The summed E-state index contributed by atoms with van der Waals surface area (Å²) < 4.78 is 7.04. The molecule has 0 aliphatic carbocycles. The molecular weight excluding hydrogens is 342 g/mol. The first-order chi connectivity index (χ1) is 12.7. The Balaban J connectivity index is 2.16. The minimum absolute atomic E-state index is 0.0952. The Morgan fingerprint density at radius 3 is 2.30 bits per heavy atom. The van der Waals surface area contributed by atoms with Crippen LogP contribution in [0.3, 0.4) is 0 Å². The molecular formula is C21H29N3O3. The van der Waals surface area contributed by atoms with Crippen LogP contribution in [0, 0.1) is 20.8 Å². The molecule has 1 amide bonds. The van der Waals surface area contributed by atoms with Gasteiger partial charge in [0.25, 0.3) is 0 Å². The van der Waals surface area contributed by atoms with Crippen molar-refractivity contribution in [2.45, 2.75) is 59.6 Å². The van der Waals surface area contributed by atoms with Crippen LogP contribution in [0.2, 0.25) is 0 Å². The minimum atomic E-state index is -0.429. The summed E-state index contributed by atoms with van der Waals surface area (Å²) in [5.74, 6) is -0.471. The number of nitrogens with one attached hydrogen (secondary N) is 1. The lowest BCUT2D eigenvalue weighted by molar-refractivity contribution is -0.148. The van der Waals surface area contributed by atoms with E-state index in [1.165, 1.54) is 0 Å². The van der Waals surface area contributed by atoms with Crippen molar-refractivity contribution in [3.8, 4) is 0 Å². The van der Waals surface area contributed by atoms with Gasteiger partial charge in [-0.3, -0.25) is 14.3 Å². The normalized spacial score (nSPS) is 12.1. The number of nitrogens with zero attached hydrogens (tertiary/aromatic N) is 2. The summed E-state index contributed by atoms with van der Waals surface area (Å²) in [6.45, 7) is 9.46. The Hall–Kier alpha value is -2.63. The van der Waals surface area contributed by atoms with Crippen LogP contribution in [0.4, 0.5) is 0 Å². The Bertz CT molecular complexity index is 807. The van der Waals surface area contributed by atoms with Crippen LogP contribution in [-0.4, -0.2) is 27.8 Å². The Kier molecular flexibility index (Phi) is 6.77. The maximum Gasteiger partial charge on any atom is 0.308 e. The SMILES string of the molecule is Cc1ccc(C(CC(=O)OC(C)C)NC(=O)Cc2c(C)nn(C)c2C)cc1. The predicted octanol–water partition coefficient (Wildman–Crippen LogP) is 3.09. The van der Waals surface area contributed by atoms with Gasteiger partial charge in [0.05, 0.1) is 30.7 Å². The van der Waals surface area contributed by atoms with Gasteiger partial charge in [0.2, 0.25) is 5.91 Å². The van der Waals surface area contributed by atoms with Gasteiger partial charge in [0, 0.05) is 18.3 Å². The highest BCUT2D eigenvalue weighted by Gasteiger charge is 2.21. The molecule has 1 N–H and O–H groups in total. The van der Waals surface area contributed by atoms with E-state index in [1.54, 1.807) is 4.68 Å². The number of esters is 1. The summed E-state index contributed by atoms with van der Waals surface area (Å²) in [5.41, 5.74) is 4.73. The smallest absolute Gasteiger partial charge is 0.308 e. The number of hydrogen-bond acceptors (Lipinski definition) is 4. The largest absolute Gasteiger partial charge is 0.463 e. The maximum atomic E-state index is 12.7. The molecule has 2 aromatic rings. The topological polar surface area (TPSA) is 73.2 Å². The summed E-state index contributed by atoms with van der Waals surface area (Å²) in [7, 11) is 1.86. The highest BCUT2D eigenvalue weighted by molar-refractivity contribution is 5.80. The second kappa shape index (κ2) is 8.84. The van der Waals surface area contributed by atoms with Crippen LogP contribution in [0.5, 0.6) is 0 Å². The average Bonchev–Trinajstić information content (AvgIpc) is 2.80. The summed E-state index contributed by atoms with van der Waals surface area (Å²) >= 11 is 0. The fourth-order valence-electron chi connectivity index (χ4n) is 3.01. The van der Waals surface area contributed by atoms with Crippen molar-refractivity contribution in [3.63, 3.8) is 0 Å². The predicted molar refractivity (Wildman–Crippen MR) is 104 cm³/mol. The van der Waals surface area contributed by atoms with Gasteiger partial charge in [-0.15, -0.1) is 0 Å². The molecule has 0 fully saturated rings. The van der Waals surface area contributed by atoms with Gasteiger partial charge >= 0.3 is 5.97 Å². The molecule has 1 unspecified atom stereocenters. The quantitative estimate of drug-likeness (QED) is 0.759. The molecule has 0 radical (unpaired) electrons. The van der Waals surface area contributed by atoms with Gasteiger partial charge in [0.15, 0.2) is 0 Å². The Morgan fingerprint density at radius 1 is 1.15 bits per heavy atom. The molecule has 0 aliphatic rings. The molecule has 0 bridgehead atoms. The molecule has 146 valence electrons. The summed E-state index contributed by atoms with van der Waals surface area (Å²) in [4.78, 5) is 24.8. The van der Waals surface area contributed by atoms with Gasteiger partial charge < -0.3 is 10.1 Å². The molecule has 2 rings (SSSR count). The van der Waals surface area contributed by atoms with E-state index >= 15 is 0 Å². The van der Waals surface area contributed by atoms with Gasteiger partial charge in [0.1, 0.15) is 0 Å². The molecule has 0 aliphatic heterocycles. The van der Waals surface area contributed by atoms with E-state index in [0.29, 0.717) is 0 Å². The van der Waals surface area contributed by atoms with E-state index in [1.807, 2.05) is 65.9 Å². The van der Waals surface area contributed by atoms with Crippen molar-refractivity contribution in [3.05, 3.63) is 52.3 Å². The third-order valence-corrected chi connectivity index (χ3v) is 4.55. The number of amides is 1. The van der Waals surface area contributed by atoms with Crippen LogP contribution in [0.25, 0.3) is 0 Å². The van der Waals surface area contributed by atoms with Crippen molar-refractivity contribution < 1.29 is 14.3 Å². The zero-order valence-electron chi connectivity index (χ0n) is 17.0.